The predicted molar refractivity (Wildman–Crippen MR) is 111 cm³/mol. The van der Waals surface area contributed by atoms with E-state index in [9.17, 15) is 9.59 Å². The van der Waals surface area contributed by atoms with Crippen LogP contribution in [0.4, 0.5) is 5.69 Å². The number of aliphatic imine (C=N–C) groups is 1. The molecule has 1 aromatic carbocycles. The van der Waals surface area contributed by atoms with Gasteiger partial charge in [-0.05, 0) is 66.6 Å². The van der Waals surface area contributed by atoms with Crippen LogP contribution < -0.4 is 5.32 Å². The molecule has 2 fully saturated rings. The maximum absolute atomic E-state index is 12.9. The van der Waals surface area contributed by atoms with Gasteiger partial charge in [-0.25, -0.2) is 0 Å². The van der Waals surface area contributed by atoms with Crippen molar-refractivity contribution in [3.63, 3.8) is 0 Å². The highest BCUT2D eigenvalue weighted by Crippen LogP contribution is 2.36. The van der Waals surface area contributed by atoms with Crippen molar-refractivity contribution in [1.29, 1.82) is 0 Å². The highest BCUT2D eigenvalue weighted by atomic mass is 127. The summed E-state index contributed by atoms with van der Waals surface area (Å²) in [5, 5.41) is 3.31. The average Bonchev–Trinajstić information content (AvgIpc) is 3.19. The molecule has 1 aliphatic carbocycles. The number of carbonyl (C=O) groups excluding carboxylic acids is 2. The van der Waals surface area contributed by atoms with Crippen LogP contribution in [0.15, 0.2) is 29.3 Å². The molecule has 3 rings (SSSR count). The second-order valence-electron chi connectivity index (χ2n) is 6.27. The normalized spacial score (nSPS) is 22.8. The molecule has 1 heterocycles. The number of nitrogens with zero attached hydrogens (tertiary/aromatic N) is 2. The second kappa shape index (κ2) is 8.53. The molecular weight excluding hydrogens is 449 g/mol. The Morgan fingerprint density at radius 1 is 1.32 bits per heavy atom. The monoisotopic (exact) mass is 471 g/mol. The molecule has 1 unspecified atom stereocenters. The summed E-state index contributed by atoms with van der Waals surface area (Å²) in [6, 6.07) is 7.89. The number of halogens is 1. The van der Waals surface area contributed by atoms with Gasteiger partial charge in [-0.15, -0.1) is 0 Å². The third kappa shape index (κ3) is 4.55. The van der Waals surface area contributed by atoms with E-state index in [-0.39, 0.29) is 29.5 Å². The third-order valence-electron chi connectivity index (χ3n) is 4.45. The molecular formula is C18H22IN3O2S. The number of anilines is 1. The maximum atomic E-state index is 12.9. The van der Waals surface area contributed by atoms with Crippen LogP contribution in [0, 0.1) is 3.57 Å². The minimum Gasteiger partial charge on any atom is -0.326 e. The van der Waals surface area contributed by atoms with E-state index in [4.69, 9.17) is 0 Å². The fourth-order valence-corrected chi connectivity index (χ4v) is 4.89. The summed E-state index contributed by atoms with van der Waals surface area (Å²) in [5.41, 5.74) is 0.760. The zero-order valence-electron chi connectivity index (χ0n) is 14.2. The van der Waals surface area contributed by atoms with E-state index in [2.05, 4.69) is 32.9 Å². The van der Waals surface area contributed by atoms with Gasteiger partial charge in [-0.2, -0.15) is 0 Å². The predicted octanol–water partition coefficient (Wildman–Crippen LogP) is 3.88. The number of benzene rings is 1. The number of amides is 2. The first kappa shape index (κ1) is 18.7. The van der Waals surface area contributed by atoms with Crippen LogP contribution in [-0.4, -0.2) is 39.7 Å². The first-order chi connectivity index (χ1) is 12.1. The molecule has 134 valence electrons. The molecule has 2 aliphatic rings. The molecule has 1 saturated carbocycles. The minimum absolute atomic E-state index is 0.0434. The number of carbonyl (C=O) groups is 2. The molecule has 0 radical (unpaired) electrons. The van der Waals surface area contributed by atoms with Crippen LogP contribution in [0.25, 0.3) is 0 Å². The second-order valence-corrected chi connectivity index (χ2v) is 8.68. The first-order valence-electron chi connectivity index (χ1n) is 8.68. The summed E-state index contributed by atoms with van der Waals surface area (Å²) in [7, 11) is 0. The van der Waals surface area contributed by atoms with Crippen molar-refractivity contribution in [2.24, 2.45) is 4.99 Å². The van der Waals surface area contributed by atoms with E-state index in [1.54, 1.807) is 0 Å². The Morgan fingerprint density at radius 3 is 2.64 bits per heavy atom. The van der Waals surface area contributed by atoms with Gasteiger partial charge in [0, 0.05) is 28.3 Å². The van der Waals surface area contributed by atoms with E-state index in [0.717, 1.165) is 40.1 Å². The SMILES string of the molecule is CCN=C1SC(CC(=O)Nc2ccc(I)cc2)C(=O)N1C1CCCC1. The van der Waals surface area contributed by atoms with Gasteiger partial charge in [0.2, 0.25) is 11.8 Å². The fraction of sp³-hybridized carbons (Fsp3) is 0.500. The summed E-state index contributed by atoms with van der Waals surface area (Å²) >= 11 is 3.67. The van der Waals surface area contributed by atoms with Crippen molar-refractivity contribution in [2.75, 3.05) is 11.9 Å². The number of thioether (sulfide) groups is 1. The van der Waals surface area contributed by atoms with E-state index in [0.29, 0.717) is 6.54 Å². The highest BCUT2D eigenvalue weighted by Gasteiger charge is 2.43. The summed E-state index contributed by atoms with van der Waals surface area (Å²) in [6.07, 6.45) is 4.58. The lowest BCUT2D eigenvalue weighted by atomic mass is 10.2. The summed E-state index contributed by atoms with van der Waals surface area (Å²) in [6.45, 7) is 2.63. The van der Waals surface area contributed by atoms with Crippen LogP contribution in [0.1, 0.15) is 39.0 Å². The Balaban J connectivity index is 1.65. The van der Waals surface area contributed by atoms with Crippen molar-refractivity contribution >= 4 is 57.0 Å². The van der Waals surface area contributed by atoms with E-state index in [1.807, 2.05) is 36.1 Å². The molecule has 0 spiro atoms. The minimum atomic E-state index is -0.366. The van der Waals surface area contributed by atoms with Crippen LogP contribution in [0.3, 0.4) is 0 Å². The van der Waals surface area contributed by atoms with Gasteiger partial charge in [-0.1, -0.05) is 24.6 Å². The van der Waals surface area contributed by atoms with Gasteiger partial charge in [0.1, 0.15) is 5.25 Å². The fourth-order valence-electron chi connectivity index (χ4n) is 3.27. The third-order valence-corrected chi connectivity index (χ3v) is 6.36. The number of amidine groups is 1. The molecule has 2 amide bonds. The largest absolute Gasteiger partial charge is 0.326 e. The molecule has 1 aromatic rings. The molecule has 1 N–H and O–H groups in total. The number of nitrogens with one attached hydrogen (secondary N) is 1. The van der Waals surface area contributed by atoms with E-state index >= 15 is 0 Å². The number of rotatable bonds is 5. The quantitative estimate of drug-likeness (QED) is 0.664. The van der Waals surface area contributed by atoms with Gasteiger partial charge in [0.05, 0.1) is 0 Å². The Kier molecular flexibility index (Phi) is 6.38. The molecule has 0 aromatic heterocycles. The molecule has 0 bridgehead atoms. The van der Waals surface area contributed by atoms with Gasteiger partial charge in [0.25, 0.3) is 0 Å². The van der Waals surface area contributed by atoms with Crippen molar-refractivity contribution < 1.29 is 9.59 Å². The zero-order chi connectivity index (χ0) is 17.8. The van der Waals surface area contributed by atoms with Crippen LogP contribution in [0.5, 0.6) is 0 Å². The van der Waals surface area contributed by atoms with Crippen molar-refractivity contribution in [3.05, 3.63) is 27.8 Å². The lowest BCUT2D eigenvalue weighted by Gasteiger charge is -2.23. The Labute approximate surface area is 166 Å². The van der Waals surface area contributed by atoms with Gasteiger partial charge < -0.3 is 5.32 Å². The van der Waals surface area contributed by atoms with Crippen molar-refractivity contribution in [1.82, 2.24) is 4.90 Å². The lowest BCUT2D eigenvalue weighted by Crippen LogP contribution is -2.40. The van der Waals surface area contributed by atoms with Gasteiger partial charge >= 0.3 is 0 Å². The van der Waals surface area contributed by atoms with Crippen LogP contribution in [-0.2, 0) is 9.59 Å². The van der Waals surface area contributed by atoms with E-state index < -0.39 is 0 Å². The molecule has 7 heteroatoms. The Morgan fingerprint density at radius 2 is 2.00 bits per heavy atom. The molecule has 1 aliphatic heterocycles. The maximum Gasteiger partial charge on any atom is 0.242 e. The number of hydrogen-bond donors (Lipinski definition) is 1. The van der Waals surface area contributed by atoms with Gasteiger partial charge in [-0.3, -0.25) is 19.5 Å². The zero-order valence-corrected chi connectivity index (χ0v) is 17.2. The smallest absolute Gasteiger partial charge is 0.242 e. The molecule has 5 nitrogen and oxygen atoms in total. The number of hydrogen-bond acceptors (Lipinski definition) is 4. The topological polar surface area (TPSA) is 61.8 Å². The van der Waals surface area contributed by atoms with Crippen LogP contribution in [0.2, 0.25) is 0 Å². The summed E-state index contributed by atoms with van der Waals surface area (Å²) < 4.78 is 1.12. The Bertz CT molecular complexity index is 671. The first-order valence-corrected chi connectivity index (χ1v) is 10.6. The molecule has 1 atom stereocenters. The van der Waals surface area contributed by atoms with E-state index in [1.165, 1.54) is 11.8 Å². The molecule has 1 saturated heterocycles. The average molecular weight is 471 g/mol. The van der Waals surface area contributed by atoms with Crippen molar-refractivity contribution in [3.8, 4) is 0 Å². The van der Waals surface area contributed by atoms with Crippen molar-refractivity contribution in [2.45, 2.75) is 50.3 Å². The summed E-state index contributed by atoms with van der Waals surface area (Å²) in [5.74, 6) is -0.0851. The standard InChI is InChI=1S/C18H22IN3O2S/c1-2-20-18-22(14-5-3-4-6-14)17(24)15(25-18)11-16(23)21-13-9-7-12(19)8-10-13/h7-10,14-15H,2-6,11H2,1H3,(H,21,23). The van der Waals surface area contributed by atoms with Crippen LogP contribution >= 0.6 is 34.4 Å². The summed E-state index contributed by atoms with van der Waals surface area (Å²) in [4.78, 5) is 31.6. The highest BCUT2D eigenvalue weighted by molar-refractivity contribution is 14.1. The Hall–Kier alpha value is -1.09. The molecule has 25 heavy (non-hydrogen) atoms. The lowest BCUT2D eigenvalue weighted by molar-refractivity contribution is -0.129. The van der Waals surface area contributed by atoms with Gasteiger partial charge in [0.15, 0.2) is 5.17 Å².